The quantitative estimate of drug-likeness (QED) is 0.725. The molecule has 10 heteroatoms. The maximum atomic E-state index is 12.8. The van der Waals surface area contributed by atoms with E-state index in [2.05, 4.69) is 14.9 Å². The van der Waals surface area contributed by atoms with Crippen molar-refractivity contribution in [1.29, 1.82) is 0 Å². The van der Waals surface area contributed by atoms with Crippen molar-refractivity contribution in [3.63, 3.8) is 0 Å². The van der Waals surface area contributed by atoms with Crippen molar-refractivity contribution in [2.45, 2.75) is 11.1 Å². The number of aromatic amines is 1. The lowest BCUT2D eigenvalue weighted by atomic mass is 10.2. The molecule has 3 rings (SSSR count). The monoisotopic (exact) mass is 375 g/mol. The van der Waals surface area contributed by atoms with E-state index < -0.39 is 26.7 Å². The van der Waals surface area contributed by atoms with Gasteiger partial charge in [-0.2, -0.15) is 18.3 Å². The molecule has 1 aromatic heterocycles. The number of fused-ring (bicyclic) bond motifs is 1. The minimum absolute atomic E-state index is 0.176. The molecular weight excluding hydrogens is 367 g/mol. The minimum Gasteiger partial charge on any atom is -0.279 e. The number of hydrogen-bond acceptors (Lipinski definition) is 3. The van der Waals surface area contributed by atoms with Crippen LogP contribution < -0.4 is 4.72 Å². The largest absolute Gasteiger partial charge is 0.416 e. The standard InChI is InChI=1S/C14H9ClF3N3O2S/c15-10-5-4-8(14(16,17)18)6-13(10)24(22,23)21-12-3-1-2-11-9(12)7-19-20-11/h1-7,21H,(H,19,20). The van der Waals surface area contributed by atoms with Gasteiger partial charge in [0.05, 0.1) is 28.0 Å². The lowest BCUT2D eigenvalue weighted by molar-refractivity contribution is -0.137. The summed E-state index contributed by atoms with van der Waals surface area (Å²) >= 11 is 5.79. The number of nitrogens with zero attached hydrogens (tertiary/aromatic N) is 1. The molecule has 3 aromatic rings. The van der Waals surface area contributed by atoms with E-state index in [9.17, 15) is 21.6 Å². The zero-order valence-electron chi connectivity index (χ0n) is 11.7. The van der Waals surface area contributed by atoms with Crippen molar-refractivity contribution in [3.05, 3.63) is 53.2 Å². The number of aromatic nitrogens is 2. The Kier molecular flexibility index (Phi) is 3.92. The number of H-pyrrole nitrogens is 1. The maximum absolute atomic E-state index is 12.8. The molecule has 2 aromatic carbocycles. The summed E-state index contributed by atoms with van der Waals surface area (Å²) < 4.78 is 65.6. The SMILES string of the molecule is O=S(=O)(Nc1cccc2[nH]ncc12)c1cc(C(F)(F)F)ccc1Cl. The summed E-state index contributed by atoms with van der Waals surface area (Å²) in [5.74, 6) is 0. The van der Waals surface area contributed by atoms with E-state index in [1.165, 1.54) is 12.3 Å². The van der Waals surface area contributed by atoms with Gasteiger partial charge in [0, 0.05) is 5.39 Å². The molecule has 5 nitrogen and oxygen atoms in total. The highest BCUT2D eigenvalue weighted by molar-refractivity contribution is 7.92. The molecule has 0 fully saturated rings. The van der Waals surface area contributed by atoms with Crippen LogP contribution in [0.15, 0.2) is 47.5 Å². The Morgan fingerprint density at radius 3 is 2.62 bits per heavy atom. The van der Waals surface area contributed by atoms with E-state index in [4.69, 9.17) is 11.6 Å². The van der Waals surface area contributed by atoms with E-state index in [0.29, 0.717) is 17.0 Å². The molecule has 0 atom stereocenters. The van der Waals surface area contributed by atoms with E-state index >= 15 is 0 Å². The van der Waals surface area contributed by atoms with Crippen molar-refractivity contribution >= 4 is 38.2 Å². The van der Waals surface area contributed by atoms with E-state index in [0.717, 1.165) is 12.1 Å². The van der Waals surface area contributed by atoms with Gasteiger partial charge in [-0.3, -0.25) is 9.82 Å². The van der Waals surface area contributed by atoms with Crippen LogP contribution in [0, 0.1) is 0 Å². The van der Waals surface area contributed by atoms with Gasteiger partial charge >= 0.3 is 6.18 Å². The average molecular weight is 376 g/mol. The first-order valence-corrected chi connectivity index (χ1v) is 8.36. The predicted molar refractivity (Wildman–Crippen MR) is 83.4 cm³/mol. The summed E-state index contributed by atoms with van der Waals surface area (Å²) in [5, 5.41) is 6.63. The van der Waals surface area contributed by atoms with Gasteiger partial charge in [0.25, 0.3) is 10.0 Å². The van der Waals surface area contributed by atoms with E-state index in [1.54, 1.807) is 12.1 Å². The minimum atomic E-state index is -4.68. The second-order valence-corrected chi connectivity index (χ2v) is 6.94. The summed E-state index contributed by atoms with van der Waals surface area (Å²) in [4.78, 5) is -0.653. The van der Waals surface area contributed by atoms with Gasteiger partial charge < -0.3 is 0 Å². The smallest absolute Gasteiger partial charge is 0.279 e. The van der Waals surface area contributed by atoms with Crippen molar-refractivity contribution in [2.75, 3.05) is 4.72 Å². The molecule has 0 bridgehead atoms. The molecule has 0 radical (unpaired) electrons. The molecule has 2 N–H and O–H groups in total. The first-order valence-electron chi connectivity index (χ1n) is 6.50. The Bertz CT molecular complexity index is 1020. The Labute approximate surface area is 139 Å². The molecule has 0 amide bonds. The molecule has 0 aliphatic carbocycles. The zero-order valence-corrected chi connectivity index (χ0v) is 13.3. The highest BCUT2D eigenvalue weighted by Crippen LogP contribution is 2.34. The second-order valence-electron chi connectivity index (χ2n) is 4.89. The Hall–Kier alpha value is -2.26. The van der Waals surface area contributed by atoms with Crippen molar-refractivity contribution in [3.8, 4) is 0 Å². The number of rotatable bonds is 3. The molecule has 0 saturated heterocycles. The van der Waals surface area contributed by atoms with Crippen LogP contribution in [0.25, 0.3) is 10.9 Å². The van der Waals surface area contributed by atoms with Crippen molar-refractivity contribution in [1.82, 2.24) is 10.2 Å². The third-order valence-corrected chi connectivity index (χ3v) is 5.12. The van der Waals surface area contributed by atoms with Gasteiger partial charge in [-0.1, -0.05) is 17.7 Å². The number of anilines is 1. The fraction of sp³-hybridized carbons (Fsp3) is 0.0714. The van der Waals surface area contributed by atoms with Gasteiger partial charge in [-0.15, -0.1) is 0 Å². The third kappa shape index (κ3) is 3.04. The van der Waals surface area contributed by atoms with Crippen LogP contribution in [0.2, 0.25) is 5.02 Å². The summed E-state index contributed by atoms with van der Waals surface area (Å²) in [5.41, 5.74) is -0.353. The maximum Gasteiger partial charge on any atom is 0.416 e. The predicted octanol–water partition coefficient (Wildman–Crippen LogP) is 4.04. The zero-order chi connectivity index (χ0) is 17.5. The van der Waals surface area contributed by atoms with Crippen molar-refractivity contribution in [2.24, 2.45) is 0 Å². The number of benzene rings is 2. The average Bonchev–Trinajstić information content (AvgIpc) is 2.95. The Morgan fingerprint density at radius 2 is 1.92 bits per heavy atom. The molecule has 1 heterocycles. The second kappa shape index (κ2) is 5.67. The molecule has 24 heavy (non-hydrogen) atoms. The molecule has 0 spiro atoms. The highest BCUT2D eigenvalue weighted by atomic mass is 35.5. The third-order valence-electron chi connectivity index (χ3n) is 3.28. The normalized spacial score (nSPS) is 12.5. The Balaban J connectivity index is 2.07. The van der Waals surface area contributed by atoms with E-state index in [-0.39, 0.29) is 10.7 Å². The van der Waals surface area contributed by atoms with Crippen LogP contribution in [0.1, 0.15) is 5.56 Å². The van der Waals surface area contributed by atoms with Crippen LogP contribution in [0.4, 0.5) is 18.9 Å². The number of hydrogen-bond donors (Lipinski definition) is 2. The summed E-state index contributed by atoms with van der Waals surface area (Å²) in [6.07, 6.45) is -3.28. The summed E-state index contributed by atoms with van der Waals surface area (Å²) in [7, 11) is -4.32. The molecule has 0 saturated carbocycles. The lowest BCUT2D eigenvalue weighted by Gasteiger charge is -2.13. The van der Waals surface area contributed by atoms with Gasteiger partial charge in [-0.05, 0) is 30.3 Å². The van der Waals surface area contributed by atoms with Gasteiger partial charge in [0.15, 0.2) is 0 Å². The summed E-state index contributed by atoms with van der Waals surface area (Å²) in [6.45, 7) is 0. The first-order chi connectivity index (χ1) is 11.2. The van der Waals surface area contributed by atoms with Gasteiger partial charge in [0.1, 0.15) is 4.90 Å². The number of nitrogens with one attached hydrogen (secondary N) is 2. The fourth-order valence-corrected chi connectivity index (χ4v) is 3.75. The molecular formula is C14H9ClF3N3O2S. The molecule has 0 aliphatic rings. The van der Waals surface area contributed by atoms with Crippen LogP contribution in [-0.2, 0) is 16.2 Å². The number of halogens is 4. The number of alkyl halides is 3. The van der Waals surface area contributed by atoms with Crippen LogP contribution in [0.5, 0.6) is 0 Å². The lowest BCUT2D eigenvalue weighted by Crippen LogP contribution is -2.15. The Morgan fingerprint density at radius 1 is 1.17 bits per heavy atom. The van der Waals surface area contributed by atoms with Gasteiger partial charge in [-0.25, -0.2) is 8.42 Å². The van der Waals surface area contributed by atoms with Gasteiger partial charge in [0.2, 0.25) is 0 Å². The van der Waals surface area contributed by atoms with Crippen LogP contribution in [-0.4, -0.2) is 18.6 Å². The first kappa shape index (κ1) is 16.6. The van der Waals surface area contributed by atoms with Crippen LogP contribution in [0.3, 0.4) is 0 Å². The topological polar surface area (TPSA) is 74.8 Å². The summed E-state index contributed by atoms with van der Waals surface area (Å²) in [6, 6.07) is 6.84. The fourth-order valence-electron chi connectivity index (χ4n) is 2.14. The molecule has 126 valence electrons. The van der Waals surface area contributed by atoms with Crippen LogP contribution >= 0.6 is 11.6 Å². The number of sulfonamides is 1. The highest BCUT2D eigenvalue weighted by Gasteiger charge is 2.32. The molecule has 0 unspecified atom stereocenters. The van der Waals surface area contributed by atoms with E-state index in [1.807, 2.05) is 0 Å². The van der Waals surface area contributed by atoms with Crippen molar-refractivity contribution < 1.29 is 21.6 Å². The molecule has 0 aliphatic heterocycles.